The van der Waals surface area contributed by atoms with E-state index in [1.165, 1.54) is 0 Å². The number of nitrogens with zero attached hydrogens (tertiary/aromatic N) is 4. The number of anilines is 1. The van der Waals surface area contributed by atoms with Gasteiger partial charge in [-0.25, -0.2) is 9.78 Å². The first kappa shape index (κ1) is 16.3. The fraction of sp³-hybridized carbons (Fsp3) is 0.471. The van der Waals surface area contributed by atoms with E-state index in [1.807, 2.05) is 24.0 Å². The van der Waals surface area contributed by atoms with E-state index in [2.05, 4.69) is 32.4 Å². The predicted octanol–water partition coefficient (Wildman–Crippen LogP) is 2.36. The molecule has 1 amide bonds. The van der Waals surface area contributed by atoms with Crippen LogP contribution in [0.15, 0.2) is 30.6 Å². The van der Waals surface area contributed by atoms with Gasteiger partial charge in [-0.05, 0) is 43.4 Å². The highest BCUT2D eigenvalue weighted by atomic mass is 16.4. The number of carbonyl (C=O) groups is 1. The van der Waals surface area contributed by atoms with Crippen molar-refractivity contribution in [2.24, 2.45) is 13.0 Å². The Labute approximate surface area is 141 Å². The van der Waals surface area contributed by atoms with E-state index in [-0.39, 0.29) is 0 Å². The second-order valence-corrected chi connectivity index (χ2v) is 6.20. The van der Waals surface area contributed by atoms with Crippen LogP contribution in [0.1, 0.15) is 19.3 Å². The minimum absolute atomic E-state index is 0.539. The van der Waals surface area contributed by atoms with Gasteiger partial charge in [0.2, 0.25) is 0 Å². The minimum Gasteiger partial charge on any atom is -0.465 e. The van der Waals surface area contributed by atoms with Gasteiger partial charge in [0.15, 0.2) is 0 Å². The Bertz CT molecular complexity index is 675. The molecule has 7 heteroatoms. The number of aryl methyl sites for hydroxylation is 1. The van der Waals surface area contributed by atoms with Crippen molar-refractivity contribution in [2.75, 3.05) is 24.5 Å². The molecule has 128 valence electrons. The number of aromatic nitrogens is 3. The number of hydrogen-bond acceptors (Lipinski definition) is 4. The van der Waals surface area contributed by atoms with Gasteiger partial charge in [-0.15, -0.1) is 0 Å². The van der Waals surface area contributed by atoms with Gasteiger partial charge >= 0.3 is 6.09 Å². The quantitative estimate of drug-likeness (QED) is 0.880. The van der Waals surface area contributed by atoms with Crippen molar-refractivity contribution in [1.82, 2.24) is 20.1 Å². The lowest BCUT2D eigenvalue weighted by atomic mass is 9.93. The van der Waals surface area contributed by atoms with Crippen LogP contribution >= 0.6 is 0 Å². The lowest BCUT2D eigenvalue weighted by Gasteiger charge is -2.32. The second kappa shape index (κ2) is 7.33. The molecule has 1 aliphatic heterocycles. The summed E-state index contributed by atoms with van der Waals surface area (Å²) in [4.78, 5) is 17.4. The molecule has 2 aromatic rings. The van der Waals surface area contributed by atoms with Crippen molar-refractivity contribution in [3.8, 4) is 11.3 Å². The maximum absolute atomic E-state index is 10.5. The monoisotopic (exact) mass is 329 g/mol. The zero-order valence-electron chi connectivity index (χ0n) is 13.9. The maximum Gasteiger partial charge on any atom is 0.404 e. The molecule has 0 aliphatic carbocycles. The molecule has 1 saturated heterocycles. The number of piperidine rings is 1. The molecule has 7 nitrogen and oxygen atoms in total. The minimum atomic E-state index is -0.940. The van der Waals surface area contributed by atoms with Gasteiger partial charge in [-0.2, -0.15) is 5.10 Å². The molecule has 0 atom stereocenters. The average molecular weight is 329 g/mol. The lowest BCUT2D eigenvalue weighted by Crippen LogP contribution is -2.35. The highest BCUT2D eigenvalue weighted by molar-refractivity contribution is 5.64. The molecule has 0 saturated carbocycles. The molecule has 0 radical (unpaired) electrons. The van der Waals surface area contributed by atoms with Gasteiger partial charge < -0.3 is 15.3 Å². The molecule has 3 heterocycles. The summed E-state index contributed by atoms with van der Waals surface area (Å²) in [5.74, 6) is 1.59. The molecule has 0 aromatic carbocycles. The molecule has 0 bridgehead atoms. The third-order valence-corrected chi connectivity index (χ3v) is 4.63. The van der Waals surface area contributed by atoms with Crippen LogP contribution in [0, 0.1) is 5.92 Å². The van der Waals surface area contributed by atoms with Crippen LogP contribution in [0.2, 0.25) is 0 Å². The van der Waals surface area contributed by atoms with Crippen LogP contribution in [-0.4, -0.2) is 45.6 Å². The SMILES string of the molecule is Cn1nccc1-c1ccc(N2CCC(CCNC(=O)O)CC2)nc1. The normalized spacial score (nSPS) is 15.5. The van der Waals surface area contributed by atoms with Crippen LogP contribution in [0.3, 0.4) is 0 Å². The van der Waals surface area contributed by atoms with Crippen molar-refractivity contribution >= 4 is 11.9 Å². The van der Waals surface area contributed by atoms with Crippen molar-refractivity contribution < 1.29 is 9.90 Å². The molecule has 2 aromatic heterocycles. The smallest absolute Gasteiger partial charge is 0.404 e. The van der Waals surface area contributed by atoms with E-state index in [4.69, 9.17) is 5.11 Å². The van der Waals surface area contributed by atoms with E-state index in [9.17, 15) is 4.79 Å². The van der Waals surface area contributed by atoms with E-state index < -0.39 is 6.09 Å². The summed E-state index contributed by atoms with van der Waals surface area (Å²) < 4.78 is 1.84. The summed E-state index contributed by atoms with van der Waals surface area (Å²) in [5, 5.41) is 15.2. The number of hydrogen-bond donors (Lipinski definition) is 2. The Morgan fingerprint density at radius 1 is 1.33 bits per heavy atom. The van der Waals surface area contributed by atoms with E-state index in [0.717, 1.165) is 49.4 Å². The van der Waals surface area contributed by atoms with Crippen LogP contribution < -0.4 is 10.2 Å². The summed E-state index contributed by atoms with van der Waals surface area (Å²) >= 11 is 0. The van der Waals surface area contributed by atoms with E-state index >= 15 is 0 Å². The summed E-state index contributed by atoms with van der Waals surface area (Å²) in [6, 6.07) is 6.13. The van der Waals surface area contributed by atoms with Crippen molar-refractivity contribution in [2.45, 2.75) is 19.3 Å². The average Bonchev–Trinajstić information content (AvgIpc) is 3.01. The first-order valence-electron chi connectivity index (χ1n) is 8.29. The fourth-order valence-electron chi connectivity index (χ4n) is 3.22. The number of carboxylic acid groups (broad SMARTS) is 1. The Morgan fingerprint density at radius 2 is 2.12 bits per heavy atom. The molecule has 0 unspecified atom stereocenters. The Morgan fingerprint density at radius 3 is 2.71 bits per heavy atom. The largest absolute Gasteiger partial charge is 0.465 e. The fourth-order valence-corrected chi connectivity index (χ4v) is 3.22. The number of rotatable bonds is 5. The molecular formula is C17H23N5O2. The van der Waals surface area contributed by atoms with Crippen molar-refractivity contribution in [3.63, 3.8) is 0 Å². The van der Waals surface area contributed by atoms with Gasteiger partial charge in [0.25, 0.3) is 0 Å². The third kappa shape index (κ3) is 3.84. The highest BCUT2D eigenvalue weighted by Gasteiger charge is 2.20. The van der Waals surface area contributed by atoms with Gasteiger partial charge in [0.05, 0.1) is 5.69 Å². The van der Waals surface area contributed by atoms with Gasteiger partial charge in [0, 0.05) is 44.6 Å². The Hall–Kier alpha value is -2.57. The molecule has 3 rings (SSSR count). The molecular weight excluding hydrogens is 306 g/mol. The maximum atomic E-state index is 10.5. The Kier molecular flexibility index (Phi) is 4.98. The summed E-state index contributed by atoms with van der Waals surface area (Å²) in [5.41, 5.74) is 2.12. The third-order valence-electron chi connectivity index (χ3n) is 4.63. The number of nitrogens with one attached hydrogen (secondary N) is 1. The zero-order valence-corrected chi connectivity index (χ0v) is 13.9. The molecule has 2 N–H and O–H groups in total. The summed E-state index contributed by atoms with van der Waals surface area (Å²) in [6.45, 7) is 2.48. The van der Waals surface area contributed by atoms with Crippen molar-refractivity contribution in [1.29, 1.82) is 0 Å². The molecule has 1 fully saturated rings. The van der Waals surface area contributed by atoms with E-state index in [1.54, 1.807) is 6.20 Å². The highest BCUT2D eigenvalue weighted by Crippen LogP contribution is 2.25. The van der Waals surface area contributed by atoms with Crippen LogP contribution in [0.5, 0.6) is 0 Å². The van der Waals surface area contributed by atoms with Crippen LogP contribution in [0.25, 0.3) is 11.3 Å². The standard InChI is InChI=1S/C17H23N5O2/c1-21-15(5-9-20-21)14-2-3-16(19-12-14)22-10-6-13(7-11-22)4-8-18-17(23)24/h2-3,5,9,12-13,18H,4,6-8,10-11H2,1H3,(H,23,24). The molecule has 1 aliphatic rings. The molecule has 24 heavy (non-hydrogen) atoms. The number of amides is 1. The summed E-state index contributed by atoms with van der Waals surface area (Å²) in [6.07, 6.45) is 5.80. The van der Waals surface area contributed by atoms with Gasteiger partial charge in [0.1, 0.15) is 5.82 Å². The van der Waals surface area contributed by atoms with Gasteiger partial charge in [-0.1, -0.05) is 0 Å². The lowest BCUT2D eigenvalue weighted by molar-refractivity contribution is 0.193. The summed E-state index contributed by atoms with van der Waals surface area (Å²) in [7, 11) is 1.92. The van der Waals surface area contributed by atoms with E-state index in [0.29, 0.717) is 12.5 Å². The first-order valence-corrected chi connectivity index (χ1v) is 8.29. The topological polar surface area (TPSA) is 83.3 Å². The van der Waals surface area contributed by atoms with Crippen molar-refractivity contribution in [3.05, 3.63) is 30.6 Å². The Balaban J connectivity index is 1.53. The predicted molar refractivity (Wildman–Crippen MR) is 92.0 cm³/mol. The van der Waals surface area contributed by atoms with Crippen LogP contribution in [0.4, 0.5) is 10.6 Å². The second-order valence-electron chi connectivity index (χ2n) is 6.20. The zero-order chi connectivity index (χ0) is 16.9. The van der Waals surface area contributed by atoms with Crippen LogP contribution in [-0.2, 0) is 7.05 Å². The first-order chi connectivity index (χ1) is 11.6. The van der Waals surface area contributed by atoms with Gasteiger partial charge in [-0.3, -0.25) is 4.68 Å². The molecule has 0 spiro atoms. The number of pyridine rings is 1.